The molecule has 3 aromatic rings. The number of hydrogen-bond donors (Lipinski definition) is 1. The Hall–Kier alpha value is -3.39. The Bertz CT molecular complexity index is 907. The molecule has 0 bridgehead atoms. The number of rotatable bonds is 4. The van der Waals surface area contributed by atoms with Crippen molar-refractivity contribution in [2.75, 3.05) is 0 Å². The number of nitriles is 1. The zero-order valence-corrected chi connectivity index (χ0v) is 13.2. The molecule has 24 heavy (non-hydrogen) atoms. The van der Waals surface area contributed by atoms with Crippen LogP contribution in [0.2, 0.25) is 0 Å². The lowest BCUT2D eigenvalue weighted by Crippen LogP contribution is -2.26. The van der Waals surface area contributed by atoms with E-state index in [1.807, 2.05) is 49.4 Å². The van der Waals surface area contributed by atoms with Crippen LogP contribution < -0.4 is 5.32 Å². The molecule has 0 radical (unpaired) electrons. The lowest BCUT2D eigenvalue weighted by Gasteiger charge is -2.11. The maximum Gasteiger partial charge on any atom is 0.269 e. The second-order valence-corrected chi connectivity index (χ2v) is 5.40. The number of aryl methyl sites for hydroxylation is 1. The number of amides is 1. The topological polar surface area (TPSA) is 70.7 Å². The number of nitrogens with zero attached hydrogens (tertiary/aromatic N) is 3. The van der Waals surface area contributed by atoms with Gasteiger partial charge in [-0.1, -0.05) is 18.2 Å². The molecule has 5 nitrogen and oxygen atoms in total. The third kappa shape index (κ3) is 3.18. The van der Waals surface area contributed by atoms with Crippen LogP contribution in [0.25, 0.3) is 5.69 Å². The first-order valence-electron chi connectivity index (χ1n) is 7.55. The zero-order chi connectivity index (χ0) is 16.9. The molecule has 3 rings (SSSR count). The first-order chi connectivity index (χ1) is 11.7. The van der Waals surface area contributed by atoms with Crippen molar-refractivity contribution in [1.82, 2.24) is 14.9 Å². The Balaban J connectivity index is 1.90. The van der Waals surface area contributed by atoms with Gasteiger partial charge in [-0.2, -0.15) is 5.26 Å². The standard InChI is InChI=1S/C19H16N4O/c1-14-5-4-7-17(11-14)23-10-8-15(12-20)18(23)19(24)22-13-16-6-2-3-9-21-16/h2-11H,13H2,1H3,(H,22,24). The molecule has 0 fully saturated rings. The van der Waals surface area contributed by atoms with Crippen LogP contribution in [0.3, 0.4) is 0 Å². The van der Waals surface area contributed by atoms with Gasteiger partial charge in [0.15, 0.2) is 0 Å². The normalized spacial score (nSPS) is 10.2. The second-order valence-electron chi connectivity index (χ2n) is 5.40. The summed E-state index contributed by atoms with van der Waals surface area (Å²) >= 11 is 0. The van der Waals surface area contributed by atoms with E-state index in [-0.39, 0.29) is 5.91 Å². The summed E-state index contributed by atoms with van der Waals surface area (Å²) in [6.45, 7) is 2.29. The van der Waals surface area contributed by atoms with E-state index in [1.54, 1.807) is 23.0 Å². The molecule has 0 aliphatic rings. The van der Waals surface area contributed by atoms with Crippen LogP contribution in [0, 0.1) is 18.3 Å². The Morgan fingerprint density at radius 3 is 2.83 bits per heavy atom. The molecule has 5 heteroatoms. The predicted octanol–water partition coefficient (Wildman–Crippen LogP) is 2.98. The number of benzene rings is 1. The van der Waals surface area contributed by atoms with Gasteiger partial charge in [0.2, 0.25) is 0 Å². The number of carbonyl (C=O) groups is 1. The summed E-state index contributed by atoms with van der Waals surface area (Å²) in [7, 11) is 0. The van der Waals surface area contributed by atoms with Crippen LogP contribution in [-0.4, -0.2) is 15.5 Å². The quantitative estimate of drug-likeness (QED) is 0.804. The summed E-state index contributed by atoms with van der Waals surface area (Å²) < 4.78 is 1.74. The van der Waals surface area contributed by atoms with Crippen molar-refractivity contribution >= 4 is 5.91 Å². The van der Waals surface area contributed by atoms with Gasteiger partial charge in [0, 0.05) is 18.1 Å². The first kappa shape index (κ1) is 15.5. The van der Waals surface area contributed by atoms with Crippen LogP contribution in [0.15, 0.2) is 60.9 Å². The smallest absolute Gasteiger partial charge is 0.269 e. The molecular weight excluding hydrogens is 300 g/mol. The maximum atomic E-state index is 12.6. The third-order valence-corrected chi connectivity index (χ3v) is 3.66. The maximum absolute atomic E-state index is 12.6. The minimum atomic E-state index is -0.302. The number of pyridine rings is 1. The Labute approximate surface area is 140 Å². The van der Waals surface area contributed by atoms with Crippen molar-refractivity contribution in [2.24, 2.45) is 0 Å². The molecule has 0 aliphatic carbocycles. The van der Waals surface area contributed by atoms with E-state index in [0.29, 0.717) is 17.8 Å². The van der Waals surface area contributed by atoms with Gasteiger partial charge in [-0.05, 0) is 42.8 Å². The van der Waals surface area contributed by atoms with Crippen molar-refractivity contribution < 1.29 is 4.79 Å². The Morgan fingerprint density at radius 1 is 1.25 bits per heavy atom. The summed E-state index contributed by atoms with van der Waals surface area (Å²) in [5.41, 5.74) is 3.37. The van der Waals surface area contributed by atoms with Crippen molar-refractivity contribution in [2.45, 2.75) is 13.5 Å². The first-order valence-corrected chi connectivity index (χ1v) is 7.55. The van der Waals surface area contributed by atoms with E-state index in [2.05, 4.69) is 16.4 Å². The minimum absolute atomic E-state index is 0.302. The highest BCUT2D eigenvalue weighted by atomic mass is 16.1. The average Bonchev–Trinajstić information content (AvgIpc) is 3.05. The minimum Gasteiger partial charge on any atom is -0.345 e. The average molecular weight is 316 g/mol. The van der Waals surface area contributed by atoms with E-state index in [4.69, 9.17) is 0 Å². The molecule has 0 saturated heterocycles. The summed E-state index contributed by atoms with van der Waals surface area (Å²) in [6, 6.07) is 17.0. The number of hydrogen-bond acceptors (Lipinski definition) is 3. The van der Waals surface area contributed by atoms with Crippen molar-refractivity contribution in [1.29, 1.82) is 5.26 Å². The number of aromatic nitrogens is 2. The van der Waals surface area contributed by atoms with Gasteiger partial charge in [-0.15, -0.1) is 0 Å². The largest absolute Gasteiger partial charge is 0.345 e. The van der Waals surface area contributed by atoms with Gasteiger partial charge >= 0.3 is 0 Å². The van der Waals surface area contributed by atoms with Gasteiger partial charge in [0.1, 0.15) is 11.8 Å². The molecule has 1 N–H and O–H groups in total. The molecule has 0 saturated carbocycles. The van der Waals surface area contributed by atoms with Gasteiger partial charge in [0.05, 0.1) is 17.8 Å². The van der Waals surface area contributed by atoms with E-state index < -0.39 is 0 Å². The van der Waals surface area contributed by atoms with Crippen molar-refractivity contribution in [3.05, 3.63) is 83.4 Å². The highest BCUT2D eigenvalue weighted by Crippen LogP contribution is 2.18. The van der Waals surface area contributed by atoms with Crippen LogP contribution in [0.5, 0.6) is 0 Å². The highest BCUT2D eigenvalue weighted by Gasteiger charge is 2.18. The molecule has 1 amide bonds. The molecule has 1 aromatic carbocycles. The van der Waals surface area contributed by atoms with Crippen LogP contribution in [0.1, 0.15) is 27.3 Å². The summed E-state index contributed by atoms with van der Waals surface area (Å²) in [5.74, 6) is -0.302. The fourth-order valence-corrected chi connectivity index (χ4v) is 2.50. The van der Waals surface area contributed by atoms with Gasteiger partial charge in [-0.25, -0.2) is 0 Å². The highest BCUT2D eigenvalue weighted by molar-refractivity contribution is 5.95. The van der Waals surface area contributed by atoms with Crippen LogP contribution in [-0.2, 0) is 6.54 Å². The van der Waals surface area contributed by atoms with Gasteiger partial charge < -0.3 is 9.88 Å². The molecule has 0 aliphatic heterocycles. The summed E-state index contributed by atoms with van der Waals surface area (Å²) in [6.07, 6.45) is 3.42. The Morgan fingerprint density at radius 2 is 2.12 bits per heavy atom. The second kappa shape index (κ2) is 6.80. The van der Waals surface area contributed by atoms with E-state index >= 15 is 0 Å². The summed E-state index contributed by atoms with van der Waals surface area (Å²) in [5, 5.41) is 12.1. The van der Waals surface area contributed by atoms with Crippen LogP contribution >= 0.6 is 0 Å². The third-order valence-electron chi connectivity index (χ3n) is 3.66. The van der Waals surface area contributed by atoms with E-state index in [1.165, 1.54) is 0 Å². The lowest BCUT2D eigenvalue weighted by molar-refractivity contribution is 0.0943. The molecule has 0 spiro atoms. The van der Waals surface area contributed by atoms with E-state index in [0.717, 1.165) is 16.9 Å². The van der Waals surface area contributed by atoms with Gasteiger partial charge in [0.25, 0.3) is 5.91 Å². The summed E-state index contributed by atoms with van der Waals surface area (Å²) in [4.78, 5) is 16.8. The molecular formula is C19H16N4O. The Kier molecular flexibility index (Phi) is 4.39. The van der Waals surface area contributed by atoms with Crippen molar-refractivity contribution in [3.63, 3.8) is 0 Å². The zero-order valence-electron chi connectivity index (χ0n) is 13.2. The predicted molar refractivity (Wildman–Crippen MR) is 90.6 cm³/mol. The number of carbonyl (C=O) groups excluding carboxylic acids is 1. The fraction of sp³-hybridized carbons (Fsp3) is 0.105. The molecule has 0 unspecified atom stereocenters. The molecule has 2 aromatic heterocycles. The van der Waals surface area contributed by atoms with Crippen molar-refractivity contribution in [3.8, 4) is 11.8 Å². The molecule has 0 atom stereocenters. The van der Waals surface area contributed by atoms with Crippen LogP contribution in [0.4, 0.5) is 0 Å². The SMILES string of the molecule is Cc1cccc(-n2ccc(C#N)c2C(=O)NCc2ccccn2)c1. The van der Waals surface area contributed by atoms with Gasteiger partial charge in [-0.3, -0.25) is 9.78 Å². The van der Waals surface area contributed by atoms with E-state index in [9.17, 15) is 10.1 Å². The molecule has 2 heterocycles. The lowest BCUT2D eigenvalue weighted by atomic mass is 10.2. The fourth-order valence-electron chi connectivity index (χ4n) is 2.50. The number of nitrogens with one attached hydrogen (secondary N) is 1. The molecule has 118 valence electrons. The monoisotopic (exact) mass is 316 g/mol.